The number of carbonyl (C=O) groups is 1. The number of hydrogen-bond donors (Lipinski definition) is 1. The van der Waals surface area contributed by atoms with Crippen molar-refractivity contribution in [3.8, 4) is 0 Å². The largest absolute Gasteiger partial charge is 0.468 e. The van der Waals surface area contributed by atoms with Gasteiger partial charge in [-0.2, -0.15) is 0 Å². The third-order valence-corrected chi connectivity index (χ3v) is 6.38. The first-order chi connectivity index (χ1) is 9.96. The molecule has 1 aliphatic rings. The fourth-order valence-corrected chi connectivity index (χ4v) is 5.16. The van der Waals surface area contributed by atoms with E-state index in [1.165, 1.54) is 7.11 Å². The van der Waals surface area contributed by atoms with Crippen LogP contribution in [-0.2, 0) is 9.53 Å². The average Bonchev–Trinajstić information content (AvgIpc) is 3.13. The Hall–Kier alpha value is -0.310. The van der Waals surface area contributed by atoms with Crippen molar-refractivity contribution in [2.75, 3.05) is 13.4 Å². The van der Waals surface area contributed by atoms with Crippen LogP contribution in [-0.4, -0.2) is 46.4 Å². The van der Waals surface area contributed by atoms with Gasteiger partial charge in [0.1, 0.15) is 5.54 Å². The van der Waals surface area contributed by atoms with Gasteiger partial charge in [-0.3, -0.25) is 10.1 Å². The molecule has 0 aromatic carbocycles. The molecule has 118 valence electrons. The second-order valence-corrected chi connectivity index (χ2v) is 9.13. The lowest BCUT2D eigenvalue weighted by Gasteiger charge is -2.30. The Morgan fingerprint density at radius 2 is 2.19 bits per heavy atom. The summed E-state index contributed by atoms with van der Waals surface area (Å²) < 4.78 is 6.90. The number of ether oxygens (including phenoxy) is 1. The minimum atomic E-state index is -0.630. The van der Waals surface area contributed by atoms with E-state index in [1.807, 2.05) is 13.2 Å². The topological polar surface area (TPSA) is 64.1 Å². The van der Waals surface area contributed by atoms with Crippen LogP contribution in [0.25, 0.3) is 0 Å². The Morgan fingerprint density at radius 3 is 2.71 bits per heavy atom. The van der Waals surface area contributed by atoms with E-state index in [9.17, 15) is 4.79 Å². The lowest BCUT2D eigenvalue weighted by molar-refractivity contribution is -0.148. The minimum absolute atomic E-state index is 0.191. The maximum Gasteiger partial charge on any atom is 0.325 e. The summed E-state index contributed by atoms with van der Waals surface area (Å²) >= 11 is 4.86. The number of hydrogen-bond acceptors (Lipinski definition) is 8. The third kappa shape index (κ3) is 4.84. The third-order valence-electron chi connectivity index (χ3n) is 3.30. The highest BCUT2D eigenvalue weighted by atomic mass is 32.2. The molecule has 1 aromatic heterocycles. The minimum Gasteiger partial charge on any atom is -0.468 e. The van der Waals surface area contributed by atoms with Crippen LogP contribution in [0.5, 0.6) is 0 Å². The van der Waals surface area contributed by atoms with Crippen LogP contribution in [0.2, 0.25) is 0 Å². The summed E-state index contributed by atoms with van der Waals surface area (Å²) in [4.78, 5) is 12.1. The molecule has 1 fully saturated rings. The molecule has 0 aliphatic heterocycles. The van der Waals surface area contributed by atoms with E-state index in [-0.39, 0.29) is 11.2 Å². The SMILES string of the molecule is COC(=O)C(C)(CC(C)Sc1nnc(SC)s1)NC1CC1. The molecule has 2 atom stereocenters. The standard InChI is InChI=1S/C13H21N3O2S3/c1-8(20-12-16-15-11(19-4)21-12)7-13(2,10(17)18-3)14-9-5-6-9/h8-9,14H,5-7H2,1-4H3. The number of carbonyl (C=O) groups excluding carboxylic acids is 1. The zero-order chi connectivity index (χ0) is 15.5. The number of esters is 1. The van der Waals surface area contributed by atoms with Crippen molar-refractivity contribution in [1.29, 1.82) is 0 Å². The zero-order valence-corrected chi connectivity index (χ0v) is 15.2. The molecule has 21 heavy (non-hydrogen) atoms. The number of aromatic nitrogens is 2. The molecule has 0 spiro atoms. The summed E-state index contributed by atoms with van der Waals surface area (Å²) in [6.45, 7) is 4.04. The first kappa shape index (κ1) is 17.1. The molecule has 2 unspecified atom stereocenters. The quantitative estimate of drug-likeness (QED) is 0.573. The van der Waals surface area contributed by atoms with E-state index >= 15 is 0 Å². The lowest BCUT2D eigenvalue weighted by atomic mass is 9.96. The summed E-state index contributed by atoms with van der Waals surface area (Å²) in [6, 6.07) is 0.455. The molecule has 2 rings (SSSR count). The van der Waals surface area contributed by atoms with Gasteiger partial charge < -0.3 is 4.74 Å². The van der Waals surface area contributed by atoms with Gasteiger partial charge in [-0.15, -0.1) is 10.2 Å². The van der Waals surface area contributed by atoms with Crippen molar-refractivity contribution >= 4 is 40.8 Å². The van der Waals surface area contributed by atoms with E-state index in [1.54, 1.807) is 34.9 Å². The van der Waals surface area contributed by atoms with Crippen LogP contribution in [0, 0.1) is 0 Å². The first-order valence-electron chi connectivity index (χ1n) is 6.87. The number of methoxy groups -OCH3 is 1. The number of nitrogens with zero attached hydrogens (tertiary/aromatic N) is 2. The van der Waals surface area contributed by atoms with Gasteiger partial charge >= 0.3 is 5.97 Å². The zero-order valence-electron chi connectivity index (χ0n) is 12.7. The fourth-order valence-electron chi connectivity index (χ4n) is 2.22. The predicted octanol–water partition coefficient (Wildman–Crippen LogP) is 2.81. The molecule has 5 nitrogen and oxygen atoms in total. The fraction of sp³-hybridized carbons (Fsp3) is 0.769. The van der Waals surface area contributed by atoms with Crippen LogP contribution >= 0.6 is 34.9 Å². The molecule has 1 saturated carbocycles. The van der Waals surface area contributed by atoms with E-state index < -0.39 is 5.54 Å². The highest BCUT2D eigenvalue weighted by Gasteiger charge is 2.40. The second-order valence-electron chi connectivity index (χ2n) is 5.41. The van der Waals surface area contributed by atoms with Crippen molar-refractivity contribution in [1.82, 2.24) is 15.5 Å². The first-order valence-corrected chi connectivity index (χ1v) is 9.79. The van der Waals surface area contributed by atoms with Crippen molar-refractivity contribution in [2.45, 2.75) is 58.6 Å². The van der Waals surface area contributed by atoms with Gasteiger partial charge in [-0.1, -0.05) is 41.8 Å². The molecule has 0 bridgehead atoms. The lowest BCUT2D eigenvalue weighted by Crippen LogP contribution is -2.52. The summed E-state index contributed by atoms with van der Waals surface area (Å²) in [7, 11) is 1.45. The Labute approximate surface area is 138 Å². The van der Waals surface area contributed by atoms with Crippen LogP contribution < -0.4 is 5.32 Å². The molecule has 1 aromatic rings. The molecule has 1 N–H and O–H groups in total. The van der Waals surface area contributed by atoms with Gasteiger partial charge in [0.05, 0.1) is 7.11 Å². The maximum absolute atomic E-state index is 12.1. The molecule has 8 heteroatoms. The maximum atomic E-state index is 12.1. The van der Waals surface area contributed by atoms with E-state index in [2.05, 4.69) is 22.4 Å². The normalized spacial score (nSPS) is 19.0. The highest BCUT2D eigenvalue weighted by Crippen LogP contribution is 2.34. The Balaban J connectivity index is 1.96. The van der Waals surface area contributed by atoms with Crippen LogP contribution in [0.4, 0.5) is 0 Å². The van der Waals surface area contributed by atoms with E-state index in [0.717, 1.165) is 21.5 Å². The van der Waals surface area contributed by atoms with Gasteiger partial charge in [-0.05, 0) is 32.4 Å². The highest BCUT2D eigenvalue weighted by molar-refractivity contribution is 8.03. The van der Waals surface area contributed by atoms with Crippen molar-refractivity contribution in [3.05, 3.63) is 0 Å². The van der Waals surface area contributed by atoms with Gasteiger partial charge in [-0.25, -0.2) is 0 Å². The van der Waals surface area contributed by atoms with Crippen LogP contribution in [0.3, 0.4) is 0 Å². The van der Waals surface area contributed by atoms with Crippen molar-refractivity contribution < 1.29 is 9.53 Å². The molecule has 1 aliphatic carbocycles. The van der Waals surface area contributed by atoms with Crippen molar-refractivity contribution in [3.63, 3.8) is 0 Å². The van der Waals surface area contributed by atoms with Crippen LogP contribution in [0.1, 0.15) is 33.1 Å². The van der Waals surface area contributed by atoms with Gasteiger partial charge in [0.2, 0.25) is 0 Å². The summed E-state index contributed by atoms with van der Waals surface area (Å²) in [6.07, 6.45) is 4.98. The molecule has 0 radical (unpaired) electrons. The van der Waals surface area contributed by atoms with Gasteiger partial charge in [0.15, 0.2) is 8.68 Å². The Kier molecular flexibility index (Phi) is 5.93. The molecule has 0 amide bonds. The van der Waals surface area contributed by atoms with Crippen molar-refractivity contribution in [2.24, 2.45) is 0 Å². The molecular formula is C13H21N3O2S3. The molecular weight excluding hydrogens is 326 g/mol. The Bertz CT molecular complexity index is 493. The van der Waals surface area contributed by atoms with Crippen LogP contribution in [0.15, 0.2) is 8.68 Å². The Morgan fingerprint density at radius 1 is 1.52 bits per heavy atom. The van der Waals surface area contributed by atoms with Gasteiger partial charge in [0, 0.05) is 11.3 Å². The van der Waals surface area contributed by atoms with E-state index in [4.69, 9.17) is 4.74 Å². The molecule has 1 heterocycles. The predicted molar refractivity (Wildman–Crippen MR) is 88.2 cm³/mol. The summed E-state index contributed by atoms with van der Waals surface area (Å²) in [5.41, 5.74) is -0.630. The smallest absolute Gasteiger partial charge is 0.325 e. The van der Waals surface area contributed by atoms with Gasteiger partial charge in [0.25, 0.3) is 0 Å². The average molecular weight is 348 g/mol. The number of rotatable bonds is 8. The number of nitrogens with one attached hydrogen (secondary N) is 1. The number of thioether (sulfide) groups is 2. The monoisotopic (exact) mass is 347 g/mol. The second kappa shape index (κ2) is 7.30. The summed E-state index contributed by atoms with van der Waals surface area (Å²) in [5, 5.41) is 11.9. The van der Waals surface area contributed by atoms with E-state index in [0.29, 0.717) is 12.5 Å². The summed E-state index contributed by atoms with van der Waals surface area (Å²) in [5.74, 6) is -0.191. The molecule has 0 saturated heterocycles.